The first-order valence-electron chi connectivity index (χ1n) is 11.7. The number of hydrogen-bond donors (Lipinski definition) is 1. The molecule has 0 saturated heterocycles. The van der Waals surface area contributed by atoms with Gasteiger partial charge in [-0.3, -0.25) is 14.3 Å². The summed E-state index contributed by atoms with van der Waals surface area (Å²) >= 11 is 0. The quantitative estimate of drug-likeness (QED) is 0.513. The minimum Gasteiger partial charge on any atom is -0.482 e. The zero-order chi connectivity index (χ0) is 24.9. The van der Waals surface area contributed by atoms with Crippen molar-refractivity contribution in [3.05, 3.63) is 64.1 Å². The van der Waals surface area contributed by atoms with Crippen LogP contribution < -0.4 is 15.6 Å². The number of pyridine rings is 1. The monoisotopic (exact) mass is 487 g/mol. The molecule has 1 aliphatic rings. The van der Waals surface area contributed by atoms with Crippen LogP contribution in [0.4, 0.5) is 0 Å². The molecule has 1 unspecified atom stereocenters. The van der Waals surface area contributed by atoms with Crippen LogP contribution in [-0.2, 0) is 15.8 Å². The number of hydrogen-bond acceptors (Lipinski definition) is 6. The van der Waals surface area contributed by atoms with Crippen LogP contribution in [0.3, 0.4) is 0 Å². The number of carbonyl (C=O) groups excluding carboxylic acids is 1. The number of aromatic nitrogens is 1. The minimum atomic E-state index is -1.96. The lowest BCUT2D eigenvalue weighted by molar-refractivity contribution is 0.0542. The fourth-order valence-electron chi connectivity index (χ4n) is 3.53. The summed E-state index contributed by atoms with van der Waals surface area (Å²) in [5, 5.41) is 0.0744. The van der Waals surface area contributed by atoms with E-state index < -0.39 is 8.32 Å². The van der Waals surface area contributed by atoms with Gasteiger partial charge >= 0.3 is 0 Å². The molecule has 1 N–H and O–H groups in total. The van der Waals surface area contributed by atoms with Crippen LogP contribution in [0.1, 0.15) is 43.2 Å². The second-order valence-corrected chi connectivity index (χ2v) is 14.8. The molecule has 0 saturated carbocycles. The average molecular weight is 488 g/mol. The average Bonchev–Trinajstić information content (AvgIpc) is 2.78. The number of methoxy groups -OCH3 is 1. The molecule has 1 atom stereocenters. The Morgan fingerprint density at radius 1 is 1.06 bits per heavy atom. The van der Waals surface area contributed by atoms with Crippen LogP contribution in [0.5, 0.6) is 5.75 Å². The highest BCUT2D eigenvalue weighted by Gasteiger charge is 2.39. The first-order chi connectivity index (χ1) is 16.0. The highest BCUT2D eigenvalue weighted by atomic mass is 28.4. The number of nitrogens with zero attached hydrogens (tertiary/aromatic N) is 2. The van der Waals surface area contributed by atoms with Gasteiger partial charge in [-0.25, -0.2) is 0 Å². The van der Waals surface area contributed by atoms with Crippen molar-refractivity contribution in [1.82, 2.24) is 9.58 Å². The Labute approximate surface area is 202 Å². The smallest absolute Gasteiger partial charge is 0.278 e. The summed E-state index contributed by atoms with van der Waals surface area (Å²) in [4.78, 5) is 28.1. The molecule has 1 aromatic heterocycles. The topological polar surface area (TPSA) is 82.0 Å². The molecule has 186 valence electrons. The SMILES string of the molecule is COCCC1Nn2ccc(=O)c(OCc3ccccc3)c2C(=O)N1CCO[Si](C)(C)C(C)(C)C. The molecule has 0 aliphatic carbocycles. The van der Waals surface area contributed by atoms with Gasteiger partial charge in [0.05, 0.1) is 6.61 Å². The highest BCUT2D eigenvalue weighted by Crippen LogP contribution is 2.36. The molecule has 1 aliphatic heterocycles. The lowest BCUT2D eigenvalue weighted by atomic mass is 10.2. The molecular formula is C25H37N3O5Si. The number of fused-ring (bicyclic) bond motifs is 1. The van der Waals surface area contributed by atoms with Crippen LogP contribution >= 0.6 is 0 Å². The van der Waals surface area contributed by atoms with E-state index in [1.54, 1.807) is 22.9 Å². The van der Waals surface area contributed by atoms with Crippen LogP contribution in [0.2, 0.25) is 18.1 Å². The zero-order valence-electron chi connectivity index (χ0n) is 21.1. The molecule has 0 bridgehead atoms. The number of benzene rings is 1. The highest BCUT2D eigenvalue weighted by molar-refractivity contribution is 6.74. The standard InChI is InChI=1S/C25H37N3O5Si/c1-25(2,3)34(5,6)33-17-15-27-21(13-16-31-4)26-28-14-12-20(29)23(22(28)24(27)30)32-18-19-10-8-7-9-11-19/h7-12,14,21,26H,13,15-18H2,1-6H3. The maximum atomic E-state index is 13.7. The summed E-state index contributed by atoms with van der Waals surface area (Å²) in [5.74, 6) is -0.219. The van der Waals surface area contributed by atoms with Crippen LogP contribution in [0.15, 0.2) is 47.4 Å². The molecular weight excluding hydrogens is 450 g/mol. The first-order valence-corrected chi connectivity index (χ1v) is 14.6. The normalized spacial score (nSPS) is 16.2. The second kappa shape index (κ2) is 10.8. The molecule has 8 nitrogen and oxygen atoms in total. The summed E-state index contributed by atoms with van der Waals surface area (Å²) in [7, 11) is -0.329. The van der Waals surface area contributed by atoms with E-state index >= 15 is 0 Å². The number of nitrogens with one attached hydrogen (secondary N) is 1. The third kappa shape index (κ3) is 5.89. The summed E-state index contributed by atoms with van der Waals surface area (Å²) < 4.78 is 19.1. The van der Waals surface area contributed by atoms with Crippen molar-refractivity contribution in [2.24, 2.45) is 0 Å². The van der Waals surface area contributed by atoms with Crippen molar-refractivity contribution in [2.45, 2.75) is 58.1 Å². The molecule has 0 spiro atoms. The minimum absolute atomic E-state index is 0.0457. The Kier molecular flexibility index (Phi) is 8.22. The van der Waals surface area contributed by atoms with Crippen molar-refractivity contribution in [3.8, 4) is 5.75 Å². The molecule has 2 heterocycles. The Morgan fingerprint density at radius 3 is 2.41 bits per heavy atom. The molecule has 34 heavy (non-hydrogen) atoms. The molecule has 9 heteroatoms. The number of rotatable bonds is 10. The largest absolute Gasteiger partial charge is 0.482 e. The Hall–Kier alpha value is -2.62. The number of carbonyl (C=O) groups is 1. The van der Waals surface area contributed by atoms with E-state index in [0.29, 0.717) is 26.2 Å². The van der Waals surface area contributed by atoms with Gasteiger partial charge in [0.1, 0.15) is 12.8 Å². The molecule has 1 aromatic carbocycles. The van der Waals surface area contributed by atoms with E-state index in [9.17, 15) is 9.59 Å². The van der Waals surface area contributed by atoms with E-state index in [0.717, 1.165) is 5.56 Å². The van der Waals surface area contributed by atoms with Crippen molar-refractivity contribution >= 4 is 14.2 Å². The molecule has 3 rings (SSSR count). The van der Waals surface area contributed by atoms with Gasteiger partial charge in [0.2, 0.25) is 5.43 Å². The fraction of sp³-hybridized carbons (Fsp3) is 0.520. The van der Waals surface area contributed by atoms with Gasteiger partial charge in [-0.1, -0.05) is 51.1 Å². The Morgan fingerprint density at radius 2 is 1.76 bits per heavy atom. The van der Waals surface area contributed by atoms with E-state index in [4.69, 9.17) is 13.9 Å². The lowest BCUT2D eigenvalue weighted by Crippen LogP contribution is -2.56. The van der Waals surface area contributed by atoms with Crippen LogP contribution in [0.25, 0.3) is 0 Å². The molecule has 0 radical (unpaired) electrons. The van der Waals surface area contributed by atoms with Gasteiger partial charge in [-0.2, -0.15) is 0 Å². The third-order valence-electron chi connectivity index (χ3n) is 6.61. The number of amides is 1. The maximum Gasteiger partial charge on any atom is 0.278 e. The summed E-state index contributed by atoms with van der Waals surface area (Å²) in [5.41, 5.74) is 4.12. The van der Waals surface area contributed by atoms with Crippen molar-refractivity contribution < 1.29 is 18.7 Å². The van der Waals surface area contributed by atoms with Gasteiger partial charge in [0, 0.05) is 38.9 Å². The molecule has 1 amide bonds. The second-order valence-electron chi connectivity index (χ2n) is 10.0. The summed E-state index contributed by atoms with van der Waals surface area (Å²) in [6, 6.07) is 11.0. The van der Waals surface area contributed by atoms with E-state index in [-0.39, 0.29) is 40.6 Å². The fourth-order valence-corrected chi connectivity index (χ4v) is 4.56. The first kappa shape index (κ1) is 26.0. The van der Waals surface area contributed by atoms with Gasteiger partial charge in [-0.05, 0) is 23.7 Å². The third-order valence-corrected chi connectivity index (χ3v) is 11.1. The Bertz CT molecular complexity index is 1030. The van der Waals surface area contributed by atoms with Gasteiger partial charge in [0.25, 0.3) is 5.91 Å². The van der Waals surface area contributed by atoms with Crippen LogP contribution in [-0.4, -0.2) is 56.8 Å². The number of ether oxygens (including phenoxy) is 2. The maximum absolute atomic E-state index is 13.7. The van der Waals surface area contributed by atoms with Gasteiger partial charge in [0.15, 0.2) is 19.8 Å². The van der Waals surface area contributed by atoms with Crippen molar-refractivity contribution in [3.63, 3.8) is 0 Å². The van der Waals surface area contributed by atoms with E-state index in [1.807, 2.05) is 30.3 Å². The predicted molar refractivity (Wildman–Crippen MR) is 135 cm³/mol. The van der Waals surface area contributed by atoms with Crippen molar-refractivity contribution in [1.29, 1.82) is 0 Å². The summed E-state index contributed by atoms with van der Waals surface area (Å²) in [6.45, 7) is 12.4. The zero-order valence-corrected chi connectivity index (χ0v) is 22.1. The lowest BCUT2D eigenvalue weighted by Gasteiger charge is -2.41. The van der Waals surface area contributed by atoms with E-state index in [1.165, 1.54) is 6.07 Å². The van der Waals surface area contributed by atoms with Crippen LogP contribution in [0, 0.1) is 0 Å². The van der Waals surface area contributed by atoms with Gasteiger partial charge < -0.3 is 24.2 Å². The molecule has 2 aromatic rings. The summed E-state index contributed by atoms with van der Waals surface area (Å²) in [6.07, 6.45) is 1.87. The van der Waals surface area contributed by atoms with E-state index in [2.05, 4.69) is 39.3 Å². The molecule has 0 fully saturated rings. The van der Waals surface area contributed by atoms with Crippen molar-refractivity contribution in [2.75, 3.05) is 32.3 Å². The predicted octanol–water partition coefficient (Wildman–Crippen LogP) is 3.81. The van der Waals surface area contributed by atoms with Gasteiger partial charge in [-0.15, -0.1) is 0 Å². The Balaban J connectivity index is 1.85.